The Kier molecular flexibility index (Phi) is 3.16. The van der Waals surface area contributed by atoms with E-state index in [1.807, 2.05) is 0 Å². The molecule has 0 aliphatic heterocycles. The van der Waals surface area contributed by atoms with Crippen molar-refractivity contribution in [2.75, 3.05) is 6.54 Å². The van der Waals surface area contributed by atoms with Crippen LogP contribution >= 0.6 is 0 Å². The topological polar surface area (TPSA) is 12.0 Å². The molecule has 1 heteroatoms. The van der Waals surface area contributed by atoms with E-state index in [2.05, 4.69) is 33.0 Å². The summed E-state index contributed by atoms with van der Waals surface area (Å²) in [7, 11) is 0. The van der Waals surface area contributed by atoms with Crippen LogP contribution in [-0.4, -0.2) is 12.1 Å². The van der Waals surface area contributed by atoms with Crippen LogP contribution < -0.4 is 5.32 Å². The third-order valence-corrected chi connectivity index (χ3v) is 2.93. The van der Waals surface area contributed by atoms with E-state index >= 15 is 0 Å². The van der Waals surface area contributed by atoms with Gasteiger partial charge in [0.2, 0.25) is 0 Å². The maximum Gasteiger partial charge on any atom is 0.00966 e. The first-order valence-corrected chi connectivity index (χ1v) is 5.24. The normalized spacial score (nSPS) is 31.0. The lowest BCUT2D eigenvalue weighted by atomic mass is 9.97. The zero-order valence-corrected chi connectivity index (χ0v) is 8.98. The maximum absolute atomic E-state index is 3.59. The highest BCUT2D eigenvalue weighted by Crippen LogP contribution is 2.30. The van der Waals surface area contributed by atoms with Crippen LogP contribution in [0.2, 0.25) is 0 Å². The number of hydrogen-bond donors (Lipinski definition) is 1. The van der Waals surface area contributed by atoms with E-state index in [9.17, 15) is 0 Å². The number of rotatable bonds is 2. The second-order valence-corrected chi connectivity index (χ2v) is 5.30. The van der Waals surface area contributed by atoms with E-state index in [4.69, 9.17) is 0 Å². The van der Waals surface area contributed by atoms with Crippen LogP contribution in [0.4, 0.5) is 0 Å². The average Bonchev–Trinajstić information content (AvgIpc) is 2.29. The summed E-state index contributed by atoms with van der Waals surface area (Å²) in [5.41, 5.74) is 0.294. The Hall–Kier alpha value is -0.0400. The van der Waals surface area contributed by atoms with Crippen molar-refractivity contribution in [2.24, 2.45) is 11.8 Å². The highest BCUT2D eigenvalue weighted by Gasteiger charge is 2.24. The van der Waals surface area contributed by atoms with Crippen molar-refractivity contribution in [2.45, 2.75) is 52.5 Å². The summed E-state index contributed by atoms with van der Waals surface area (Å²) in [6.45, 7) is 10.3. The van der Waals surface area contributed by atoms with Gasteiger partial charge < -0.3 is 5.32 Å². The Bertz CT molecular complexity index is 134. The molecule has 1 aliphatic carbocycles. The third kappa shape index (κ3) is 3.14. The molecule has 0 spiro atoms. The van der Waals surface area contributed by atoms with Gasteiger partial charge in [0.15, 0.2) is 0 Å². The van der Waals surface area contributed by atoms with Gasteiger partial charge in [0, 0.05) is 5.54 Å². The summed E-state index contributed by atoms with van der Waals surface area (Å²) in [5, 5.41) is 3.59. The predicted molar refractivity (Wildman–Crippen MR) is 54.3 cm³/mol. The average molecular weight is 169 g/mol. The Labute approximate surface area is 76.9 Å². The highest BCUT2D eigenvalue weighted by atomic mass is 14.9. The Morgan fingerprint density at radius 3 is 2.33 bits per heavy atom. The molecule has 0 radical (unpaired) electrons. The molecule has 0 saturated heterocycles. The second kappa shape index (κ2) is 3.78. The van der Waals surface area contributed by atoms with E-state index in [1.54, 1.807) is 0 Å². The Balaban J connectivity index is 2.23. The molecule has 0 aromatic heterocycles. The van der Waals surface area contributed by atoms with Gasteiger partial charge in [-0.3, -0.25) is 0 Å². The minimum atomic E-state index is 0.294. The van der Waals surface area contributed by atoms with Crippen LogP contribution in [0, 0.1) is 11.8 Å². The lowest BCUT2D eigenvalue weighted by molar-refractivity contribution is 0.332. The molecule has 0 bridgehead atoms. The molecule has 0 heterocycles. The lowest BCUT2D eigenvalue weighted by Crippen LogP contribution is -2.39. The van der Waals surface area contributed by atoms with Crippen LogP contribution in [0.5, 0.6) is 0 Å². The molecule has 0 aromatic carbocycles. The van der Waals surface area contributed by atoms with Crippen molar-refractivity contribution in [3.8, 4) is 0 Å². The molecule has 1 fully saturated rings. The van der Waals surface area contributed by atoms with E-state index in [0.29, 0.717) is 5.54 Å². The molecule has 2 atom stereocenters. The molecule has 0 aromatic rings. The highest BCUT2D eigenvalue weighted by molar-refractivity contribution is 4.79. The molecule has 1 rings (SSSR count). The largest absolute Gasteiger partial charge is 0.312 e. The summed E-state index contributed by atoms with van der Waals surface area (Å²) in [5.74, 6) is 1.88. The van der Waals surface area contributed by atoms with Crippen LogP contribution in [0.25, 0.3) is 0 Å². The van der Waals surface area contributed by atoms with Crippen molar-refractivity contribution in [1.29, 1.82) is 0 Å². The molecule has 1 nitrogen and oxygen atoms in total. The fourth-order valence-corrected chi connectivity index (χ4v) is 1.96. The van der Waals surface area contributed by atoms with Crippen molar-refractivity contribution in [1.82, 2.24) is 5.32 Å². The molecule has 72 valence electrons. The van der Waals surface area contributed by atoms with E-state index < -0.39 is 0 Å². The SMILES string of the molecule is CC1CCCC1CNC(C)(C)C. The molecule has 1 N–H and O–H groups in total. The smallest absolute Gasteiger partial charge is 0.00966 e. The third-order valence-electron chi connectivity index (χ3n) is 2.93. The van der Waals surface area contributed by atoms with Crippen LogP contribution in [0.3, 0.4) is 0 Å². The molecular weight excluding hydrogens is 146 g/mol. The van der Waals surface area contributed by atoms with Crippen LogP contribution in [0.1, 0.15) is 47.0 Å². The first kappa shape index (κ1) is 10.0. The molecule has 1 saturated carbocycles. The zero-order chi connectivity index (χ0) is 9.19. The standard InChI is InChI=1S/C11H23N/c1-9-6-5-7-10(9)8-12-11(2,3)4/h9-10,12H,5-8H2,1-4H3. The van der Waals surface area contributed by atoms with Crippen molar-refractivity contribution < 1.29 is 0 Å². The van der Waals surface area contributed by atoms with Gasteiger partial charge >= 0.3 is 0 Å². The van der Waals surface area contributed by atoms with Gasteiger partial charge in [-0.15, -0.1) is 0 Å². The van der Waals surface area contributed by atoms with Gasteiger partial charge in [-0.2, -0.15) is 0 Å². The van der Waals surface area contributed by atoms with Gasteiger partial charge in [-0.1, -0.05) is 19.8 Å². The van der Waals surface area contributed by atoms with E-state index in [-0.39, 0.29) is 0 Å². The van der Waals surface area contributed by atoms with Crippen molar-refractivity contribution >= 4 is 0 Å². The summed E-state index contributed by atoms with van der Waals surface area (Å²) in [6, 6.07) is 0. The summed E-state index contributed by atoms with van der Waals surface area (Å²) < 4.78 is 0. The van der Waals surface area contributed by atoms with Gasteiger partial charge in [-0.25, -0.2) is 0 Å². The summed E-state index contributed by atoms with van der Waals surface area (Å²) in [6.07, 6.45) is 4.32. The maximum atomic E-state index is 3.59. The van der Waals surface area contributed by atoms with Crippen molar-refractivity contribution in [3.05, 3.63) is 0 Å². The van der Waals surface area contributed by atoms with Gasteiger partial charge in [-0.05, 0) is 45.6 Å². The van der Waals surface area contributed by atoms with Crippen molar-refractivity contribution in [3.63, 3.8) is 0 Å². The molecule has 2 unspecified atom stereocenters. The predicted octanol–water partition coefficient (Wildman–Crippen LogP) is 2.81. The molecular formula is C11H23N. The van der Waals surface area contributed by atoms with Crippen LogP contribution in [-0.2, 0) is 0 Å². The number of hydrogen-bond acceptors (Lipinski definition) is 1. The first-order valence-electron chi connectivity index (χ1n) is 5.24. The quantitative estimate of drug-likeness (QED) is 0.670. The van der Waals surface area contributed by atoms with Gasteiger partial charge in [0.1, 0.15) is 0 Å². The van der Waals surface area contributed by atoms with Crippen LogP contribution in [0.15, 0.2) is 0 Å². The van der Waals surface area contributed by atoms with E-state index in [0.717, 1.165) is 11.8 Å². The fourth-order valence-electron chi connectivity index (χ4n) is 1.96. The molecule has 1 aliphatic rings. The molecule has 12 heavy (non-hydrogen) atoms. The van der Waals surface area contributed by atoms with Gasteiger partial charge in [0.05, 0.1) is 0 Å². The minimum absolute atomic E-state index is 0.294. The number of nitrogens with one attached hydrogen (secondary N) is 1. The second-order valence-electron chi connectivity index (χ2n) is 5.30. The lowest BCUT2D eigenvalue weighted by Gasteiger charge is -2.25. The summed E-state index contributed by atoms with van der Waals surface area (Å²) >= 11 is 0. The van der Waals surface area contributed by atoms with Gasteiger partial charge in [0.25, 0.3) is 0 Å². The van der Waals surface area contributed by atoms with E-state index in [1.165, 1.54) is 25.8 Å². The molecule has 0 amide bonds. The Morgan fingerprint density at radius 1 is 1.25 bits per heavy atom. The first-order chi connectivity index (χ1) is 5.49. The minimum Gasteiger partial charge on any atom is -0.312 e. The monoisotopic (exact) mass is 169 g/mol. The fraction of sp³-hybridized carbons (Fsp3) is 1.00. The Morgan fingerprint density at radius 2 is 1.92 bits per heavy atom. The zero-order valence-electron chi connectivity index (χ0n) is 8.98. The summed E-state index contributed by atoms with van der Waals surface area (Å²) in [4.78, 5) is 0.